The Kier molecular flexibility index (Phi) is 5.62. The van der Waals surface area contributed by atoms with Crippen molar-refractivity contribution in [2.24, 2.45) is 5.92 Å². The Balaban J connectivity index is 1.78. The van der Waals surface area contributed by atoms with Crippen LogP contribution in [-0.4, -0.2) is 20.6 Å². The number of carbonyl (C=O) groups is 1. The van der Waals surface area contributed by atoms with Crippen LogP contribution in [-0.2, 0) is 6.54 Å². The Morgan fingerprint density at radius 3 is 2.80 bits per heavy atom. The maximum absolute atomic E-state index is 13.2. The first-order valence-corrected chi connectivity index (χ1v) is 11.2. The number of nitrogens with one attached hydrogen (secondary N) is 1. The van der Waals surface area contributed by atoms with Crippen molar-refractivity contribution in [3.8, 4) is 5.75 Å². The normalized spacial score (nSPS) is 11.5. The fourth-order valence-electron chi connectivity index (χ4n) is 3.32. The van der Waals surface area contributed by atoms with Crippen LogP contribution in [0.25, 0.3) is 21.1 Å². The van der Waals surface area contributed by atoms with Crippen LogP contribution >= 0.6 is 27.3 Å². The summed E-state index contributed by atoms with van der Waals surface area (Å²) in [5, 5.41) is 14.3. The minimum Gasteiger partial charge on any atom is -0.506 e. The third kappa shape index (κ3) is 3.85. The second kappa shape index (κ2) is 8.20. The van der Waals surface area contributed by atoms with Gasteiger partial charge >= 0.3 is 0 Å². The molecular weight excluding hydrogens is 466 g/mol. The number of aryl methyl sites for hydroxylation is 1. The number of amides is 1. The standard InChI is InChI=1S/C22H20BrN3O3S/c1-12(2)9-10-26-16-6-4-3-5-14(16)19(27)18(21(26)29)20(28)25-22-24-15-8-7-13(23)11-17(15)30-22/h3-8,11-12,27H,9-10H2,1-2H3,(H,24,25,28). The van der Waals surface area contributed by atoms with E-state index in [0.29, 0.717) is 28.5 Å². The van der Waals surface area contributed by atoms with Crippen LogP contribution in [0.4, 0.5) is 5.13 Å². The van der Waals surface area contributed by atoms with Crippen molar-refractivity contribution in [1.82, 2.24) is 9.55 Å². The molecule has 4 aromatic rings. The molecule has 0 saturated carbocycles. The SMILES string of the molecule is CC(C)CCn1c(=O)c(C(=O)Nc2nc3ccc(Br)cc3s2)c(O)c2ccccc21. The molecule has 0 unspecified atom stereocenters. The summed E-state index contributed by atoms with van der Waals surface area (Å²) in [6.07, 6.45) is 0.780. The Morgan fingerprint density at radius 1 is 1.27 bits per heavy atom. The van der Waals surface area contributed by atoms with E-state index in [4.69, 9.17) is 0 Å². The molecule has 0 fully saturated rings. The van der Waals surface area contributed by atoms with Crippen LogP contribution in [0.1, 0.15) is 30.6 Å². The molecule has 154 valence electrons. The van der Waals surface area contributed by atoms with Gasteiger partial charge in [0.1, 0.15) is 11.3 Å². The first-order chi connectivity index (χ1) is 14.3. The van der Waals surface area contributed by atoms with E-state index in [9.17, 15) is 14.7 Å². The van der Waals surface area contributed by atoms with Gasteiger partial charge < -0.3 is 9.67 Å². The van der Waals surface area contributed by atoms with Gasteiger partial charge in [-0.1, -0.05) is 53.2 Å². The molecule has 1 amide bonds. The molecule has 0 aliphatic carbocycles. The number of aromatic nitrogens is 2. The highest BCUT2D eigenvalue weighted by atomic mass is 79.9. The van der Waals surface area contributed by atoms with E-state index in [1.807, 2.05) is 24.3 Å². The summed E-state index contributed by atoms with van der Waals surface area (Å²) >= 11 is 4.72. The number of halogens is 1. The first kappa shape index (κ1) is 20.6. The summed E-state index contributed by atoms with van der Waals surface area (Å²) in [6, 6.07) is 12.7. The fourth-order valence-corrected chi connectivity index (χ4v) is 4.73. The number of carbonyl (C=O) groups excluding carboxylic acids is 1. The largest absolute Gasteiger partial charge is 0.506 e. The zero-order valence-electron chi connectivity index (χ0n) is 16.5. The molecule has 0 radical (unpaired) electrons. The van der Waals surface area contributed by atoms with Crippen molar-refractivity contribution in [2.75, 3.05) is 5.32 Å². The number of hydrogen-bond donors (Lipinski definition) is 2. The van der Waals surface area contributed by atoms with E-state index < -0.39 is 11.5 Å². The van der Waals surface area contributed by atoms with E-state index in [1.54, 1.807) is 22.8 Å². The quantitative estimate of drug-likeness (QED) is 0.397. The molecule has 0 spiro atoms. The highest BCUT2D eigenvalue weighted by Crippen LogP contribution is 2.30. The lowest BCUT2D eigenvalue weighted by Crippen LogP contribution is -2.30. The number of para-hydroxylation sites is 1. The van der Waals surface area contributed by atoms with Crippen LogP contribution in [0.15, 0.2) is 51.7 Å². The summed E-state index contributed by atoms with van der Waals surface area (Å²) in [5.74, 6) is -0.582. The predicted molar refractivity (Wildman–Crippen MR) is 125 cm³/mol. The molecule has 0 aliphatic rings. The summed E-state index contributed by atoms with van der Waals surface area (Å²) in [4.78, 5) is 30.6. The lowest BCUT2D eigenvalue weighted by atomic mass is 10.1. The molecular formula is C22H20BrN3O3S. The Hall–Kier alpha value is -2.71. The minimum atomic E-state index is -0.667. The van der Waals surface area contributed by atoms with Crippen molar-refractivity contribution in [3.05, 3.63) is 62.9 Å². The second-order valence-corrected chi connectivity index (χ2v) is 9.41. The van der Waals surface area contributed by atoms with E-state index >= 15 is 0 Å². The lowest BCUT2D eigenvalue weighted by molar-refractivity contribution is 0.102. The van der Waals surface area contributed by atoms with Gasteiger partial charge in [-0.25, -0.2) is 4.98 Å². The third-order valence-corrected chi connectivity index (χ3v) is 6.30. The Bertz CT molecular complexity index is 1330. The van der Waals surface area contributed by atoms with E-state index in [2.05, 4.69) is 40.1 Å². The molecule has 8 heteroatoms. The number of aromatic hydroxyl groups is 1. The zero-order chi connectivity index (χ0) is 21.4. The van der Waals surface area contributed by atoms with Crippen molar-refractivity contribution in [2.45, 2.75) is 26.8 Å². The van der Waals surface area contributed by atoms with Gasteiger partial charge in [0.25, 0.3) is 11.5 Å². The third-order valence-electron chi connectivity index (χ3n) is 4.87. The van der Waals surface area contributed by atoms with Gasteiger partial charge in [0.2, 0.25) is 0 Å². The number of rotatable bonds is 5. The lowest BCUT2D eigenvalue weighted by Gasteiger charge is -2.15. The van der Waals surface area contributed by atoms with Crippen LogP contribution < -0.4 is 10.9 Å². The molecule has 0 saturated heterocycles. The van der Waals surface area contributed by atoms with Gasteiger partial charge in [0.15, 0.2) is 5.13 Å². The molecule has 6 nitrogen and oxygen atoms in total. The first-order valence-electron chi connectivity index (χ1n) is 9.57. The zero-order valence-corrected chi connectivity index (χ0v) is 18.9. The molecule has 0 bridgehead atoms. The van der Waals surface area contributed by atoms with Gasteiger partial charge in [0, 0.05) is 16.4 Å². The molecule has 2 aromatic heterocycles. The Labute approximate surface area is 185 Å². The summed E-state index contributed by atoms with van der Waals surface area (Å²) in [7, 11) is 0. The topological polar surface area (TPSA) is 84.2 Å². The number of fused-ring (bicyclic) bond motifs is 2. The number of benzene rings is 2. The second-order valence-electron chi connectivity index (χ2n) is 7.47. The molecule has 0 aliphatic heterocycles. The highest BCUT2D eigenvalue weighted by molar-refractivity contribution is 9.10. The van der Waals surface area contributed by atoms with Gasteiger partial charge in [-0.3, -0.25) is 14.9 Å². The Morgan fingerprint density at radius 2 is 2.03 bits per heavy atom. The number of nitrogens with zero attached hydrogens (tertiary/aromatic N) is 2. The smallest absolute Gasteiger partial charge is 0.267 e. The average molecular weight is 486 g/mol. The van der Waals surface area contributed by atoms with Gasteiger partial charge in [-0.05, 0) is 42.7 Å². The molecule has 4 rings (SSSR count). The summed E-state index contributed by atoms with van der Waals surface area (Å²) in [6.45, 7) is 4.62. The van der Waals surface area contributed by atoms with Crippen LogP contribution in [0.2, 0.25) is 0 Å². The molecule has 2 N–H and O–H groups in total. The van der Waals surface area contributed by atoms with Crippen molar-refractivity contribution >= 4 is 59.4 Å². The minimum absolute atomic E-state index is 0.266. The van der Waals surface area contributed by atoms with Crippen molar-refractivity contribution < 1.29 is 9.90 Å². The number of hydrogen-bond acceptors (Lipinski definition) is 5. The number of pyridine rings is 1. The van der Waals surface area contributed by atoms with Crippen LogP contribution in [0.3, 0.4) is 0 Å². The highest BCUT2D eigenvalue weighted by Gasteiger charge is 2.23. The average Bonchev–Trinajstić information content (AvgIpc) is 3.09. The fraction of sp³-hybridized carbons (Fsp3) is 0.227. The van der Waals surface area contributed by atoms with E-state index in [-0.39, 0.29) is 11.3 Å². The number of thiazole rings is 1. The van der Waals surface area contributed by atoms with Gasteiger partial charge in [0.05, 0.1) is 15.7 Å². The maximum atomic E-state index is 13.2. The molecule has 2 heterocycles. The molecule has 2 aromatic carbocycles. The summed E-state index contributed by atoms with van der Waals surface area (Å²) in [5.41, 5.74) is 0.587. The molecule has 0 atom stereocenters. The van der Waals surface area contributed by atoms with E-state index in [0.717, 1.165) is 21.1 Å². The van der Waals surface area contributed by atoms with Gasteiger partial charge in [-0.15, -0.1) is 0 Å². The van der Waals surface area contributed by atoms with Crippen molar-refractivity contribution in [3.63, 3.8) is 0 Å². The van der Waals surface area contributed by atoms with Gasteiger partial charge in [-0.2, -0.15) is 0 Å². The van der Waals surface area contributed by atoms with E-state index in [1.165, 1.54) is 11.3 Å². The van der Waals surface area contributed by atoms with Crippen molar-refractivity contribution in [1.29, 1.82) is 0 Å². The van der Waals surface area contributed by atoms with Crippen LogP contribution in [0.5, 0.6) is 5.75 Å². The maximum Gasteiger partial charge on any atom is 0.267 e. The predicted octanol–water partition coefficient (Wildman–Crippen LogP) is 5.38. The monoisotopic (exact) mass is 485 g/mol. The number of anilines is 1. The summed E-state index contributed by atoms with van der Waals surface area (Å²) < 4.78 is 3.38. The van der Waals surface area contributed by atoms with Crippen LogP contribution in [0, 0.1) is 5.92 Å². The molecule has 30 heavy (non-hydrogen) atoms.